The standard InChI is InChI=1S/C11H20O35S8.8Al.16H2O/c12-47(13,14)36-1-3-4(41-49(18,19)20)5(42-50(21,22)23)6(43-51(24,25)26)9(38-3)39-11(2-37-48(15,16)17)8(45-53(30,31)32)7(44-52(27,28)29)10(40-11)46-54(33,34)35;;;;;;;;;;;;;;;;;;;;;;;;/h3-10H,1-2H2,(H,12,13,14)(H,15,16,17)(H,18,19,20)(H,21,22,23)(H,24,25,26)(H,27,28,29)(H,30,31,32)(H,33,34,35);;;;;;;;;16*1H2/q;8*+1;;;;;;;;;;;;;;;;/p-8/t3-,4-,5+,6-,7+,8+,9+,10-,11-;;;;;;;;;;;;;;;;;;;;;;;;/m1......................../s1. The van der Waals surface area contributed by atoms with E-state index < -0.39 is 151 Å². The Bertz CT molecular complexity index is 2440. The van der Waals surface area contributed by atoms with E-state index >= 15 is 0 Å². The Balaban J connectivity index is -0.000000191. The van der Waals surface area contributed by atoms with Gasteiger partial charge in [0.1, 0.15) is 24.9 Å². The molecule has 0 aromatic heterocycles. The van der Waals surface area contributed by atoms with Crippen LogP contribution in [0.5, 0.6) is 0 Å². The van der Waals surface area contributed by atoms with Crippen LogP contribution in [-0.4, -0.2) is 356 Å². The first-order valence-electron chi connectivity index (χ1n) is 13.6. The van der Waals surface area contributed by atoms with Crippen LogP contribution in [0.4, 0.5) is 0 Å². The van der Waals surface area contributed by atoms with Crippen LogP contribution in [0.15, 0.2) is 0 Å². The predicted molar refractivity (Wildman–Crippen MR) is 239 cm³/mol. The maximum Gasteiger partial charge on any atom is 0.408 e. The molecule has 2 fully saturated rings. The first kappa shape index (κ1) is 119. The summed E-state index contributed by atoms with van der Waals surface area (Å²) in [6, 6.07) is 0. The third kappa shape index (κ3) is 36.6. The fourth-order valence-electron chi connectivity index (χ4n) is 4.18. The van der Waals surface area contributed by atoms with Gasteiger partial charge in [-0.1, -0.05) is 0 Å². The van der Waals surface area contributed by atoms with E-state index in [1.165, 1.54) is 16.6 Å². The summed E-state index contributed by atoms with van der Waals surface area (Å²) in [6.45, 7) is -3.80. The van der Waals surface area contributed by atoms with Crippen molar-refractivity contribution >= 4 is 216 Å². The minimum absolute atomic E-state index is 0. The summed E-state index contributed by atoms with van der Waals surface area (Å²) in [5.41, 5.74) is 0. The van der Waals surface area contributed by atoms with Crippen LogP contribution in [0.25, 0.3) is 0 Å². The highest BCUT2D eigenvalue weighted by Gasteiger charge is 2.66. The first-order chi connectivity index (χ1) is 28.2. The summed E-state index contributed by atoms with van der Waals surface area (Å²) in [7, 11) is -44.3. The molecule has 0 aromatic rings. The summed E-state index contributed by atoms with van der Waals surface area (Å²) >= 11 is 9.02. The van der Waals surface area contributed by atoms with Crippen LogP contribution >= 0.6 is 0 Å². The number of hydrogen-bond acceptors (Lipinski definition) is 35. The van der Waals surface area contributed by atoms with Gasteiger partial charge in [0.15, 0.2) is 24.6 Å². The zero-order valence-corrected chi connectivity index (χ0v) is 52.5. The smallest absolute Gasteiger partial charge is 0.408 e. The summed E-state index contributed by atoms with van der Waals surface area (Å²) < 4.78 is 287. The van der Waals surface area contributed by atoms with E-state index in [9.17, 15) is 67.3 Å². The van der Waals surface area contributed by atoms with Crippen molar-refractivity contribution in [3.8, 4) is 0 Å². The lowest BCUT2D eigenvalue weighted by Crippen LogP contribution is -2.66. The zero-order valence-electron chi connectivity index (χ0n) is 36.7. The third-order valence-corrected chi connectivity index (χ3v) is 17.4. The molecule has 9 atom stereocenters. The fraction of sp³-hybridized carbons (Fsp3) is 1.00. The Morgan fingerprint density at radius 2 is 0.603 bits per heavy atom. The summed E-state index contributed by atoms with van der Waals surface area (Å²) in [6.07, 6.45) is -24.5. The van der Waals surface area contributed by atoms with E-state index in [-0.39, 0.29) is 87.6 Å². The molecule has 2 aliphatic heterocycles. The van der Waals surface area contributed by atoms with Gasteiger partial charge in [-0.2, -0.15) is 67.3 Å². The average molecular weight is 1460 g/mol. The van der Waals surface area contributed by atoms with Gasteiger partial charge in [-0.15, -0.1) is 0 Å². The Labute approximate surface area is 508 Å². The molecule has 0 aliphatic carbocycles. The molecule has 67 heteroatoms. The Morgan fingerprint density at radius 1 is 0.321 bits per heavy atom. The van der Waals surface area contributed by atoms with E-state index in [2.05, 4.69) is 42.6 Å². The molecule has 2 saturated heterocycles. The van der Waals surface area contributed by atoms with Gasteiger partial charge in [-0.05, 0) is 0 Å². The lowest BCUT2D eigenvalue weighted by Gasteiger charge is -2.46. The van der Waals surface area contributed by atoms with Crippen molar-refractivity contribution in [2.75, 3.05) is 13.2 Å². The molecule has 32 N–H and O–H groups in total. The molecule has 0 saturated carbocycles. The molecule has 0 aromatic carbocycles. The van der Waals surface area contributed by atoms with Crippen LogP contribution in [-0.2, 0) is 157 Å². The maximum atomic E-state index is 12.8. The Hall–Kier alpha value is 2.46. The third-order valence-electron chi connectivity index (χ3n) is 6.30. The van der Waals surface area contributed by atoms with Gasteiger partial charge in [0.25, 0.3) is 0 Å². The topological polar surface area (TPSA) is 952 Å². The van der Waals surface area contributed by atoms with E-state index in [1.807, 2.05) is 0 Å². The molecule has 466 valence electrons. The highest BCUT2D eigenvalue weighted by molar-refractivity contribution is 7.84. The molecule has 0 unspecified atom stereocenters. The lowest BCUT2D eigenvalue weighted by atomic mass is 9.99. The van der Waals surface area contributed by atoms with Crippen molar-refractivity contribution in [1.29, 1.82) is 0 Å². The van der Waals surface area contributed by atoms with Gasteiger partial charge in [0.2, 0.25) is 12.1 Å². The normalized spacial score (nSPS) is 22.6. The fourth-order valence-corrected chi connectivity index (χ4v) is 9.15. The summed E-state index contributed by atoms with van der Waals surface area (Å²) in [5, 5.41) is 0. The van der Waals surface area contributed by atoms with Crippen molar-refractivity contribution in [3.63, 3.8) is 0 Å². The summed E-state index contributed by atoms with van der Waals surface area (Å²) in [4.78, 5) is 0. The van der Waals surface area contributed by atoms with Crippen LogP contribution < -0.4 is 0 Å². The lowest BCUT2D eigenvalue weighted by molar-refractivity contribution is -0.379. The second-order valence-corrected chi connectivity index (χ2v) is 24.2. The molecule has 0 amide bonds. The minimum atomic E-state index is -5.71. The predicted octanol–water partition coefficient (Wildman–Crippen LogP) is -23.7. The largest absolute Gasteiger partial charge is 0.412 e. The average Bonchev–Trinajstić information content (AvgIpc) is 3.44. The molecule has 0 bridgehead atoms. The van der Waals surface area contributed by atoms with Gasteiger partial charge < -0.3 is 128 Å². The van der Waals surface area contributed by atoms with E-state index in [1.54, 1.807) is 0 Å². The SMILES string of the molecule is O.O.O.O.O.O.O.O.O.O.O.O.O.O.O.O.O=S(=O)([O][Al])OC[C@H]1O[C@@H](O[C@]2(COS(=O)(=O)[O][Al])O[C@H](OS(=O)(=O)[O][Al])[C@@H](OS(=O)(=O)[O][Al])[C@@H]2OS(=O)(=O)[O][Al])[C@H](OS(=O)(=O)[O][Al])[C@@H](OS(=O)(=O)[O][Al])[C@@H]1OS(=O)(=O)[O][Al]. The zero-order chi connectivity index (χ0) is 48.0. The molecule has 2 rings (SSSR count). The molecule has 16 radical (unpaired) electrons. The van der Waals surface area contributed by atoms with Crippen LogP contribution in [0, 0.1) is 0 Å². The Morgan fingerprint density at radius 3 is 0.949 bits per heavy atom. The number of hydrogen-bond donors (Lipinski definition) is 0. The van der Waals surface area contributed by atoms with Crippen LogP contribution in [0.1, 0.15) is 0 Å². The second kappa shape index (κ2) is 47.5. The molecule has 2 heterocycles. The van der Waals surface area contributed by atoms with Crippen molar-refractivity contribution in [2.45, 2.75) is 55.0 Å². The van der Waals surface area contributed by atoms with Crippen molar-refractivity contribution in [3.05, 3.63) is 0 Å². The molecule has 0 spiro atoms. The van der Waals surface area contributed by atoms with E-state index in [0.29, 0.717) is 0 Å². The van der Waals surface area contributed by atoms with Gasteiger partial charge >= 0.3 is 216 Å². The highest BCUT2D eigenvalue weighted by atomic mass is 32.3. The Kier molecular flexibility index (Phi) is 72.2. The van der Waals surface area contributed by atoms with Crippen LogP contribution in [0.2, 0.25) is 0 Å². The van der Waals surface area contributed by atoms with Crippen LogP contribution in [0.3, 0.4) is 0 Å². The number of ether oxygens (including phenoxy) is 3. The van der Waals surface area contributed by atoms with Gasteiger partial charge in [-0.25, -0.2) is 33.5 Å². The monoisotopic (exact) mass is 1460 g/mol. The molecule has 78 heavy (non-hydrogen) atoms. The molecule has 51 nitrogen and oxygen atoms in total. The molecular formula is C11H44Al8O51S8. The van der Waals surface area contributed by atoms with Gasteiger partial charge in [0, 0.05) is 0 Å². The number of rotatable bonds is 28. The molecule has 2 aliphatic rings. The van der Waals surface area contributed by atoms with Crippen molar-refractivity contribution in [2.24, 2.45) is 0 Å². The maximum absolute atomic E-state index is 12.8. The molecular weight excluding hydrogens is 1420 g/mol. The van der Waals surface area contributed by atoms with Gasteiger partial charge in [-0.3, -0.25) is 0 Å². The first-order valence-corrected chi connectivity index (χ1v) is 28.0. The minimum Gasteiger partial charge on any atom is -0.412 e. The second-order valence-electron chi connectivity index (χ2n) is 9.90. The van der Waals surface area contributed by atoms with Crippen molar-refractivity contribution < 1.29 is 229 Å². The quantitative estimate of drug-likeness (QED) is 0.0656. The van der Waals surface area contributed by atoms with E-state index in [0.717, 1.165) is 116 Å². The van der Waals surface area contributed by atoms with Gasteiger partial charge in [0.05, 0.1) is 6.61 Å². The summed E-state index contributed by atoms with van der Waals surface area (Å²) in [5.74, 6) is -3.93. The van der Waals surface area contributed by atoms with Crippen molar-refractivity contribution in [1.82, 2.24) is 0 Å². The highest BCUT2D eigenvalue weighted by Crippen LogP contribution is 2.44. The van der Waals surface area contributed by atoms with E-state index in [4.69, 9.17) is 30.9 Å².